The Balaban J connectivity index is 1.67. The molecule has 4 bridgehead atoms. The van der Waals surface area contributed by atoms with Crippen molar-refractivity contribution in [2.24, 2.45) is 21.7 Å². The Morgan fingerprint density at radius 1 is 0.824 bits per heavy atom. The van der Waals surface area contributed by atoms with Crippen LogP contribution in [0.25, 0.3) is 0 Å². The number of hydrogen-bond donors (Lipinski definition) is 1. The Morgan fingerprint density at radius 3 is 1.71 bits per heavy atom. The first kappa shape index (κ1) is 10.8. The van der Waals surface area contributed by atoms with E-state index >= 15 is 0 Å². The quantitative estimate of drug-likeness (QED) is 0.768. The molecular weight excluding hydrogens is 208 g/mol. The highest BCUT2D eigenvalue weighted by Gasteiger charge is 2.75. The average Bonchev–Trinajstić information content (AvgIpc) is 2.66. The van der Waals surface area contributed by atoms with Crippen LogP contribution in [0.2, 0.25) is 0 Å². The Morgan fingerprint density at radius 2 is 1.35 bits per heavy atom. The van der Waals surface area contributed by atoms with Crippen LogP contribution in [0.3, 0.4) is 0 Å². The lowest BCUT2D eigenvalue weighted by Crippen LogP contribution is -2.69. The minimum atomic E-state index is -0.273. The van der Waals surface area contributed by atoms with Crippen molar-refractivity contribution in [1.82, 2.24) is 0 Å². The van der Waals surface area contributed by atoms with Crippen LogP contribution in [-0.2, 0) is 0 Å². The van der Waals surface area contributed by atoms with Gasteiger partial charge in [-0.3, -0.25) is 0 Å². The molecule has 0 amide bonds. The molecule has 1 nitrogen and oxygen atoms in total. The molecular formula is C16H26O. The molecule has 17 heavy (non-hydrogen) atoms. The predicted octanol–water partition coefficient (Wildman–Crippen LogP) is 3.90. The molecule has 0 aliphatic heterocycles. The van der Waals surface area contributed by atoms with E-state index in [2.05, 4.69) is 20.8 Å². The van der Waals surface area contributed by atoms with E-state index in [-0.39, 0.29) is 5.60 Å². The number of fused-ring (bicyclic) bond motifs is 2. The normalized spacial score (nSPS) is 60.0. The first-order valence-electron chi connectivity index (χ1n) is 7.47. The van der Waals surface area contributed by atoms with Gasteiger partial charge in [0.05, 0.1) is 5.60 Å². The molecule has 0 radical (unpaired) electrons. The molecule has 0 aromatic heterocycles. The lowest BCUT2D eigenvalue weighted by molar-refractivity contribution is -0.284. The summed E-state index contributed by atoms with van der Waals surface area (Å²) in [7, 11) is 0. The summed E-state index contributed by atoms with van der Waals surface area (Å²) in [5.74, 6) is 0. The maximum atomic E-state index is 10.5. The Bertz CT molecular complexity index is 365. The summed E-state index contributed by atoms with van der Waals surface area (Å²) in [4.78, 5) is 0. The lowest BCUT2D eigenvalue weighted by atomic mass is 9.27. The maximum absolute atomic E-state index is 10.5. The zero-order chi connectivity index (χ0) is 12.2. The number of hydrogen-bond acceptors (Lipinski definition) is 1. The summed E-state index contributed by atoms with van der Waals surface area (Å²) >= 11 is 0. The smallest absolute Gasteiger partial charge is 0.0653 e. The Kier molecular flexibility index (Phi) is 1.58. The van der Waals surface area contributed by atoms with E-state index in [4.69, 9.17) is 0 Å². The van der Waals surface area contributed by atoms with Gasteiger partial charge >= 0.3 is 0 Å². The van der Waals surface area contributed by atoms with Crippen LogP contribution in [0.15, 0.2) is 0 Å². The molecule has 0 aromatic rings. The maximum Gasteiger partial charge on any atom is 0.0653 e. The Hall–Kier alpha value is -0.0400. The molecule has 1 heteroatoms. The van der Waals surface area contributed by atoms with Crippen molar-refractivity contribution >= 4 is 0 Å². The molecule has 5 rings (SSSR count). The van der Waals surface area contributed by atoms with Crippen molar-refractivity contribution < 1.29 is 5.11 Å². The second-order valence-electron chi connectivity index (χ2n) is 8.93. The predicted molar refractivity (Wildman–Crippen MR) is 68.6 cm³/mol. The second kappa shape index (κ2) is 2.48. The van der Waals surface area contributed by atoms with E-state index < -0.39 is 0 Å². The van der Waals surface area contributed by atoms with E-state index in [9.17, 15) is 5.11 Å². The lowest BCUT2D eigenvalue weighted by Gasteiger charge is -2.78. The van der Waals surface area contributed by atoms with Crippen molar-refractivity contribution in [3.63, 3.8) is 0 Å². The third-order valence-electron chi connectivity index (χ3n) is 7.75. The highest BCUT2D eigenvalue weighted by atomic mass is 16.3. The van der Waals surface area contributed by atoms with Gasteiger partial charge in [-0.15, -0.1) is 0 Å². The fourth-order valence-corrected chi connectivity index (χ4v) is 6.54. The van der Waals surface area contributed by atoms with Gasteiger partial charge < -0.3 is 5.11 Å². The summed E-state index contributed by atoms with van der Waals surface area (Å²) < 4.78 is 0. The summed E-state index contributed by atoms with van der Waals surface area (Å²) in [5.41, 5.74) is 2.02. The molecule has 5 aliphatic carbocycles. The molecule has 5 saturated carbocycles. The minimum Gasteiger partial charge on any atom is -0.390 e. The van der Waals surface area contributed by atoms with Crippen LogP contribution in [0, 0.1) is 21.7 Å². The molecule has 0 saturated heterocycles. The van der Waals surface area contributed by atoms with Crippen LogP contribution in [-0.4, -0.2) is 10.7 Å². The van der Waals surface area contributed by atoms with Crippen LogP contribution < -0.4 is 0 Å². The van der Waals surface area contributed by atoms with Gasteiger partial charge in [-0.25, -0.2) is 0 Å². The largest absolute Gasteiger partial charge is 0.390 e. The summed E-state index contributed by atoms with van der Waals surface area (Å²) in [6.07, 6.45) is 10.2. The SMILES string of the molecule is CC12CC(C(C)(C)C34CCC(O)(CC3)C4)(C1)C2. The van der Waals surface area contributed by atoms with Crippen molar-refractivity contribution in [2.75, 3.05) is 0 Å². The molecule has 0 heterocycles. The number of rotatable bonds is 2. The van der Waals surface area contributed by atoms with Gasteiger partial charge in [0.25, 0.3) is 0 Å². The highest BCUT2D eigenvalue weighted by Crippen LogP contribution is 2.84. The van der Waals surface area contributed by atoms with E-state index in [1.807, 2.05) is 0 Å². The first-order chi connectivity index (χ1) is 7.74. The van der Waals surface area contributed by atoms with Crippen molar-refractivity contribution in [1.29, 1.82) is 0 Å². The first-order valence-corrected chi connectivity index (χ1v) is 7.47. The van der Waals surface area contributed by atoms with Gasteiger partial charge in [-0.05, 0) is 73.0 Å². The summed E-state index contributed by atoms with van der Waals surface area (Å²) in [5, 5.41) is 10.5. The fourth-order valence-electron chi connectivity index (χ4n) is 6.54. The van der Waals surface area contributed by atoms with Gasteiger partial charge in [0.1, 0.15) is 0 Å². The zero-order valence-corrected chi connectivity index (χ0v) is 11.6. The third kappa shape index (κ3) is 0.993. The van der Waals surface area contributed by atoms with Gasteiger partial charge in [-0.1, -0.05) is 20.8 Å². The molecule has 5 fully saturated rings. The average molecular weight is 234 g/mol. The molecule has 0 unspecified atom stereocenters. The second-order valence-corrected chi connectivity index (χ2v) is 8.93. The van der Waals surface area contributed by atoms with Crippen LogP contribution in [0.4, 0.5) is 0 Å². The van der Waals surface area contributed by atoms with Crippen LogP contribution >= 0.6 is 0 Å². The van der Waals surface area contributed by atoms with E-state index in [0.717, 1.165) is 19.3 Å². The van der Waals surface area contributed by atoms with Crippen molar-refractivity contribution in [3.05, 3.63) is 0 Å². The molecule has 96 valence electrons. The van der Waals surface area contributed by atoms with E-state index in [1.54, 1.807) is 0 Å². The van der Waals surface area contributed by atoms with E-state index in [0.29, 0.717) is 21.7 Å². The molecule has 0 atom stereocenters. The zero-order valence-electron chi connectivity index (χ0n) is 11.6. The highest BCUT2D eigenvalue weighted by molar-refractivity contribution is 5.25. The van der Waals surface area contributed by atoms with Gasteiger partial charge in [0.2, 0.25) is 0 Å². The summed E-state index contributed by atoms with van der Waals surface area (Å²) in [6, 6.07) is 0. The third-order valence-corrected chi connectivity index (χ3v) is 7.75. The standard InChI is InChI=1S/C16H26O/c1-12(2,15-8-13(3,9-15)10-15)14-4-6-16(17,11-14)7-5-14/h17H,4-11H2,1-3H3. The van der Waals surface area contributed by atoms with Crippen LogP contribution in [0.5, 0.6) is 0 Å². The van der Waals surface area contributed by atoms with Gasteiger partial charge in [0.15, 0.2) is 0 Å². The van der Waals surface area contributed by atoms with Crippen molar-refractivity contribution in [2.45, 2.75) is 77.7 Å². The monoisotopic (exact) mass is 234 g/mol. The van der Waals surface area contributed by atoms with E-state index in [1.165, 1.54) is 32.1 Å². The molecule has 0 aromatic carbocycles. The molecule has 0 spiro atoms. The minimum absolute atomic E-state index is 0.273. The molecule has 5 aliphatic rings. The fraction of sp³-hybridized carbons (Fsp3) is 1.00. The van der Waals surface area contributed by atoms with Crippen molar-refractivity contribution in [3.8, 4) is 0 Å². The number of aliphatic hydroxyl groups is 1. The summed E-state index contributed by atoms with van der Waals surface area (Å²) in [6.45, 7) is 7.52. The van der Waals surface area contributed by atoms with Gasteiger partial charge in [-0.2, -0.15) is 0 Å². The topological polar surface area (TPSA) is 20.2 Å². The Labute approximate surface area is 105 Å². The molecule has 1 N–H and O–H groups in total. The van der Waals surface area contributed by atoms with Gasteiger partial charge in [0, 0.05) is 0 Å². The van der Waals surface area contributed by atoms with Crippen LogP contribution in [0.1, 0.15) is 72.1 Å².